The lowest BCUT2D eigenvalue weighted by Crippen LogP contribution is -2.16. The Morgan fingerprint density at radius 1 is 1.06 bits per heavy atom. The van der Waals surface area contributed by atoms with Gasteiger partial charge in [-0.1, -0.05) is 16.9 Å². The van der Waals surface area contributed by atoms with Crippen LogP contribution in [0.2, 0.25) is 0 Å². The van der Waals surface area contributed by atoms with E-state index in [0.717, 1.165) is 0 Å². The first-order chi connectivity index (χ1) is 15.4. The Hall–Kier alpha value is -2.96. The van der Waals surface area contributed by atoms with Crippen LogP contribution in [0.4, 0.5) is 9.59 Å². The van der Waals surface area contributed by atoms with E-state index < -0.39 is 51.7 Å². The summed E-state index contributed by atoms with van der Waals surface area (Å²) in [7, 11) is -3.95. The van der Waals surface area contributed by atoms with Gasteiger partial charge in [-0.15, -0.1) is 5.10 Å². The van der Waals surface area contributed by atoms with Crippen molar-refractivity contribution >= 4 is 25.9 Å². The molecule has 0 aliphatic rings. The van der Waals surface area contributed by atoms with Crippen LogP contribution in [0.5, 0.6) is 0 Å². The maximum atomic E-state index is 13.0. The summed E-state index contributed by atoms with van der Waals surface area (Å²) >= 11 is 0. The molecular weight excluding hydrogens is 465 g/mol. The van der Waals surface area contributed by atoms with Gasteiger partial charge in [-0.25, -0.2) is 19.1 Å². The van der Waals surface area contributed by atoms with E-state index in [4.69, 9.17) is 23.6 Å². The van der Waals surface area contributed by atoms with Crippen LogP contribution < -0.4 is 0 Å². The Kier molecular flexibility index (Phi) is 11.5. The second-order valence-corrected chi connectivity index (χ2v) is 9.17. The number of carboxylic acids is 1. The topological polar surface area (TPSA) is 175 Å². The zero-order chi connectivity index (χ0) is 25.0. The third-order valence-corrected chi connectivity index (χ3v) is 4.98. The SMILES string of the molecule is C/C(=C\CP(=O)(OCOC(=O)OC(C)C)OCOC(=O)OC(C)C)Cn1cc(C(=O)O)nn1. The Balaban J connectivity index is 2.74. The first kappa shape index (κ1) is 28.1. The monoisotopic (exact) mass is 493 g/mol. The Morgan fingerprint density at radius 3 is 2.00 bits per heavy atom. The highest BCUT2D eigenvalue weighted by molar-refractivity contribution is 7.54. The van der Waals surface area contributed by atoms with Crippen LogP contribution in [0.15, 0.2) is 17.8 Å². The standard InChI is InChI=1S/C18H28N3O11P/c1-12(2)31-17(24)27-10-29-33(26,30-11-28-18(25)32-13(3)4)7-6-14(5)8-21-9-15(16(22)23)19-20-21/h6,9,12-13H,7-8,10-11H2,1-5H3,(H,22,23)/b14-6+. The van der Waals surface area contributed by atoms with Crippen molar-refractivity contribution in [1.82, 2.24) is 15.0 Å². The molecule has 0 spiro atoms. The van der Waals surface area contributed by atoms with E-state index >= 15 is 0 Å². The minimum Gasteiger partial charge on any atom is -0.476 e. The molecule has 1 heterocycles. The molecule has 1 aromatic heterocycles. The minimum atomic E-state index is -3.95. The van der Waals surface area contributed by atoms with E-state index in [9.17, 15) is 18.9 Å². The van der Waals surface area contributed by atoms with Crippen LogP contribution in [-0.2, 0) is 39.1 Å². The number of rotatable bonds is 13. The van der Waals surface area contributed by atoms with Crippen LogP contribution in [0.25, 0.3) is 0 Å². The summed E-state index contributed by atoms with van der Waals surface area (Å²) in [6, 6.07) is 0. The smallest absolute Gasteiger partial charge is 0.476 e. The second-order valence-electron chi connectivity index (χ2n) is 7.07. The summed E-state index contributed by atoms with van der Waals surface area (Å²) in [5, 5.41) is 16.1. The molecule has 0 atom stereocenters. The molecule has 1 rings (SSSR count). The molecule has 0 aliphatic heterocycles. The molecule has 0 bridgehead atoms. The minimum absolute atomic E-state index is 0.148. The predicted molar refractivity (Wildman–Crippen MR) is 111 cm³/mol. The van der Waals surface area contributed by atoms with Crippen molar-refractivity contribution in [3.63, 3.8) is 0 Å². The lowest BCUT2D eigenvalue weighted by Gasteiger charge is -2.18. The van der Waals surface area contributed by atoms with E-state index in [0.29, 0.717) is 5.57 Å². The fraction of sp³-hybridized carbons (Fsp3) is 0.611. The fourth-order valence-electron chi connectivity index (χ4n) is 1.97. The molecule has 0 aliphatic carbocycles. The summed E-state index contributed by atoms with van der Waals surface area (Å²) < 4.78 is 43.4. The zero-order valence-corrected chi connectivity index (χ0v) is 19.9. The van der Waals surface area contributed by atoms with E-state index in [1.807, 2.05) is 0 Å². The molecule has 0 saturated heterocycles. The fourth-order valence-corrected chi connectivity index (χ4v) is 3.21. The molecule has 1 N–H and O–H groups in total. The molecule has 0 amide bonds. The number of hydrogen-bond donors (Lipinski definition) is 1. The first-order valence-electron chi connectivity index (χ1n) is 9.74. The molecule has 14 nitrogen and oxygen atoms in total. The van der Waals surface area contributed by atoms with Gasteiger partial charge in [0.25, 0.3) is 0 Å². The Labute approximate surface area is 190 Å². The van der Waals surface area contributed by atoms with Gasteiger partial charge in [0, 0.05) is 0 Å². The number of carbonyl (C=O) groups is 3. The Morgan fingerprint density at radius 2 is 1.58 bits per heavy atom. The maximum Gasteiger partial charge on any atom is 0.510 e. The van der Waals surface area contributed by atoms with E-state index in [1.165, 1.54) is 17.0 Å². The molecule has 0 fully saturated rings. The lowest BCUT2D eigenvalue weighted by molar-refractivity contribution is -0.0298. The third kappa shape index (κ3) is 12.0. The maximum absolute atomic E-state index is 13.0. The molecule has 0 radical (unpaired) electrons. The summed E-state index contributed by atoms with van der Waals surface area (Å²) in [4.78, 5) is 33.8. The van der Waals surface area contributed by atoms with Crippen LogP contribution >= 0.6 is 7.60 Å². The molecule has 0 aromatic carbocycles. The molecule has 0 unspecified atom stereocenters. The summed E-state index contributed by atoms with van der Waals surface area (Å²) in [5.41, 5.74) is 0.389. The van der Waals surface area contributed by atoms with Crippen molar-refractivity contribution < 1.29 is 52.1 Å². The molecule has 1 aromatic rings. The van der Waals surface area contributed by atoms with Gasteiger partial charge >= 0.3 is 25.9 Å². The summed E-state index contributed by atoms with van der Waals surface area (Å²) in [6.07, 6.45) is -0.475. The highest BCUT2D eigenvalue weighted by atomic mass is 31.2. The van der Waals surface area contributed by atoms with Gasteiger partial charge < -0.3 is 24.1 Å². The summed E-state index contributed by atoms with van der Waals surface area (Å²) in [5.74, 6) is -1.22. The van der Waals surface area contributed by atoms with Crippen molar-refractivity contribution in [1.29, 1.82) is 0 Å². The number of carbonyl (C=O) groups excluding carboxylic acids is 2. The lowest BCUT2D eigenvalue weighted by atomic mass is 10.3. The van der Waals surface area contributed by atoms with Crippen LogP contribution in [0, 0.1) is 0 Å². The van der Waals surface area contributed by atoms with E-state index in [1.54, 1.807) is 34.6 Å². The van der Waals surface area contributed by atoms with Crippen molar-refractivity contribution in [3.05, 3.63) is 23.5 Å². The van der Waals surface area contributed by atoms with Gasteiger partial charge in [0.15, 0.2) is 5.69 Å². The van der Waals surface area contributed by atoms with Crippen molar-refractivity contribution in [3.8, 4) is 0 Å². The quantitative estimate of drug-likeness (QED) is 0.184. The number of hydrogen-bond acceptors (Lipinski definition) is 12. The molecule has 186 valence electrons. The van der Waals surface area contributed by atoms with Crippen LogP contribution in [0.3, 0.4) is 0 Å². The molecule has 33 heavy (non-hydrogen) atoms. The zero-order valence-electron chi connectivity index (χ0n) is 19.0. The average molecular weight is 493 g/mol. The summed E-state index contributed by atoms with van der Waals surface area (Å²) in [6.45, 7) is 6.80. The Bertz CT molecular complexity index is 850. The van der Waals surface area contributed by atoms with Crippen LogP contribution in [0.1, 0.15) is 45.1 Å². The van der Waals surface area contributed by atoms with Gasteiger partial charge in [-0.05, 0) is 34.6 Å². The van der Waals surface area contributed by atoms with Gasteiger partial charge in [0.05, 0.1) is 31.1 Å². The number of carboxylic acid groups (broad SMARTS) is 1. The highest BCUT2D eigenvalue weighted by Gasteiger charge is 2.26. The van der Waals surface area contributed by atoms with Crippen molar-refractivity contribution in [2.45, 2.75) is 53.4 Å². The number of allylic oxidation sites excluding steroid dienone is 2. The van der Waals surface area contributed by atoms with E-state index in [-0.39, 0.29) is 18.4 Å². The van der Waals surface area contributed by atoms with Gasteiger partial charge in [0.2, 0.25) is 13.6 Å². The van der Waals surface area contributed by atoms with Gasteiger partial charge in [-0.2, -0.15) is 0 Å². The van der Waals surface area contributed by atoms with Crippen molar-refractivity contribution in [2.24, 2.45) is 0 Å². The third-order valence-electron chi connectivity index (χ3n) is 3.35. The average Bonchev–Trinajstić information content (AvgIpc) is 3.14. The number of ether oxygens (including phenoxy) is 4. The normalized spacial score (nSPS) is 12.0. The number of aromatic nitrogens is 3. The van der Waals surface area contributed by atoms with Gasteiger partial charge in [0.1, 0.15) is 0 Å². The second kappa shape index (κ2) is 13.6. The first-order valence-corrected chi connectivity index (χ1v) is 11.5. The highest BCUT2D eigenvalue weighted by Crippen LogP contribution is 2.48. The van der Waals surface area contributed by atoms with E-state index in [2.05, 4.69) is 19.8 Å². The number of nitrogens with zero attached hydrogens (tertiary/aromatic N) is 3. The number of aromatic carboxylic acids is 1. The predicted octanol–water partition coefficient (Wildman–Crippen LogP) is 3.19. The van der Waals surface area contributed by atoms with Crippen LogP contribution in [-0.4, -0.2) is 70.3 Å². The largest absolute Gasteiger partial charge is 0.510 e. The van der Waals surface area contributed by atoms with Gasteiger partial charge in [-0.3, -0.25) is 13.6 Å². The molecule has 0 saturated carbocycles. The molecular formula is C18H28N3O11P. The van der Waals surface area contributed by atoms with Crippen molar-refractivity contribution in [2.75, 3.05) is 19.7 Å². The molecule has 15 heteroatoms.